The van der Waals surface area contributed by atoms with Gasteiger partial charge < -0.3 is 5.11 Å². The number of allylic oxidation sites excluding steroid dienone is 2. The van der Waals surface area contributed by atoms with Crippen molar-refractivity contribution in [2.45, 2.75) is 12.2 Å². The van der Waals surface area contributed by atoms with Crippen LogP contribution < -0.4 is 0 Å². The van der Waals surface area contributed by atoms with Crippen molar-refractivity contribution in [3.05, 3.63) is 46.4 Å². The van der Waals surface area contributed by atoms with Gasteiger partial charge in [-0.2, -0.15) is 0 Å². The zero-order chi connectivity index (χ0) is 13.3. The number of fused-ring (bicyclic) bond motifs is 1. The summed E-state index contributed by atoms with van der Waals surface area (Å²) in [5.74, 6) is -1.56. The fourth-order valence-electron chi connectivity index (χ4n) is 1.62. The highest BCUT2D eigenvalue weighted by molar-refractivity contribution is 8.05. The van der Waals surface area contributed by atoms with Crippen molar-refractivity contribution < 1.29 is 19.5 Å². The van der Waals surface area contributed by atoms with Gasteiger partial charge in [0.15, 0.2) is 11.6 Å². The summed E-state index contributed by atoms with van der Waals surface area (Å²) in [6, 6.07) is 6.54. The molecule has 0 fully saturated rings. The Balaban J connectivity index is 2.34. The molecule has 0 radical (unpaired) electrons. The lowest BCUT2D eigenvalue weighted by Gasteiger charge is -2.15. The Morgan fingerprint density at radius 3 is 2.44 bits per heavy atom. The average molecular weight is 262 g/mol. The summed E-state index contributed by atoms with van der Waals surface area (Å²) < 4.78 is 0. The average Bonchev–Trinajstić information content (AvgIpc) is 2.35. The molecule has 1 N–H and O–H groups in total. The summed E-state index contributed by atoms with van der Waals surface area (Å²) in [7, 11) is 0. The molecule has 1 aliphatic carbocycles. The van der Waals surface area contributed by atoms with Crippen molar-refractivity contribution in [2.24, 2.45) is 0 Å². The fourth-order valence-corrected chi connectivity index (χ4v) is 2.49. The van der Waals surface area contributed by atoms with Gasteiger partial charge >= 0.3 is 5.97 Å². The molecule has 0 saturated carbocycles. The van der Waals surface area contributed by atoms with E-state index in [9.17, 15) is 14.4 Å². The Bertz CT molecular complexity index is 574. The summed E-state index contributed by atoms with van der Waals surface area (Å²) in [5.41, 5.74) is 0.708. The molecule has 0 saturated heterocycles. The van der Waals surface area contributed by atoms with Crippen LogP contribution in [0.1, 0.15) is 27.6 Å². The van der Waals surface area contributed by atoms with Gasteiger partial charge in [-0.15, -0.1) is 11.8 Å². The van der Waals surface area contributed by atoms with Gasteiger partial charge in [-0.3, -0.25) is 14.4 Å². The van der Waals surface area contributed by atoms with Gasteiger partial charge in [-0.1, -0.05) is 24.3 Å². The van der Waals surface area contributed by atoms with Crippen LogP contribution in [0.5, 0.6) is 0 Å². The molecule has 5 heteroatoms. The van der Waals surface area contributed by atoms with Crippen LogP contribution in [-0.2, 0) is 4.79 Å². The molecule has 1 aromatic carbocycles. The van der Waals surface area contributed by atoms with Gasteiger partial charge in [0.1, 0.15) is 5.25 Å². The Labute approximate surface area is 108 Å². The Morgan fingerprint density at radius 1 is 1.22 bits per heavy atom. The third-order valence-electron chi connectivity index (χ3n) is 2.57. The molecule has 2 rings (SSSR count). The number of hydrogen-bond acceptors (Lipinski definition) is 4. The molecular formula is C13H10O4S. The Hall–Kier alpha value is -1.88. The second kappa shape index (κ2) is 4.78. The van der Waals surface area contributed by atoms with Gasteiger partial charge in [0.05, 0.1) is 4.91 Å². The first-order valence-electron chi connectivity index (χ1n) is 5.30. The number of Topliss-reactive ketones (excluding diaryl/α,β-unsaturated/α-hetero) is 1. The van der Waals surface area contributed by atoms with Crippen molar-refractivity contribution in [3.63, 3.8) is 0 Å². The molecule has 4 nitrogen and oxygen atoms in total. The predicted molar refractivity (Wildman–Crippen MR) is 67.9 cm³/mol. The molecule has 1 atom stereocenters. The maximum Gasteiger partial charge on any atom is 0.316 e. The summed E-state index contributed by atoms with van der Waals surface area (Å²) in [5, 5.41) is 8.05. The standard InChI is InChI=1S/C13H10O4S/c1-7(13(16)17)18-11-6-10(14)8-4-2-3-5-9(8)12(11)15/h2-7H,1H3,(H,16,17)/t7-/m1/s1. The van der Waals surface area contributed by atoms with E-state index in [1.54, 1.807) is 24.3 Å². The number of ketones is 2. The van der Waals surface area contributed by atoms with Crippen LogP contribution in [-0.4, -0.2) is 27.9 Å². The summed E-state index contributed by atoms with van der Waals surface area (Å²) in [6.45, 7) is 1.48. The summed E-state index contributed by atoms with van der Waals surface area (Å²) >= 11 is 0.895. The summed E-state index contributed by atoms with van der Waals surface area (Å²) in [4.78, 5) is 34.8. The number of rotatable bonds is 3. The van der Waals surface area contributed by atoms with Crippen molar-refractivity contribution in [1.82, 2.24) is 0 Å². The highest BCUT2D eigenvalue weighted by Crippen LogP contribution is 2.30. The monoisotopic (exact) mass is 262 g/mol. The molecule has 1 aromatic rings. The molecule has 0 aliphatic heterocycles. The zero-order valence-corrected chi connectivity index (χ0v) is 10.4. The van der Waals surface area contributed by atoms with Gasteiger partial charge in [0.25, 0.3) is 0 Å². The quantitative estimate of drug-likeness (QED) is 0.903. The summed E-state index contributed by atoms with van der Waals surface area (Å²) in [6.07, 6.45) is 1.22. The van der Waals surface area contributed by atoms with Crippen molar-refractivity contribution in [3.8, 4) is 0 Å². The number of benzene rings is 1. The fraction of sp³-hybridized carbons (Fsp3) is 0.154. The molecule has 0 spiro atoms. The second-order valence-electron chi connectivity index (χ2n) is 3.85. The Morgan fingerprint density at radius 2 is 1.83 bits per heavy atom. The third kappa shape index (κ3) is 2.22. The zero-order valence-electron chi connectivity index (χ0n) is 9.54. The number of thioether (sulfide) groups is 1. The maximum absolute atomic E-state index is 12.1. The van der Waals surface area contributed by atoms with Gasteiger partial charge in [-0.05, 0) is 6.92 Å². The molecule has 0 bridgehead atoms. The smallest absolute Gasteiger partial charge is 0.316 e. The van der Waals surface area contributed by atoms with Crippen LogP contribution in [0.4, 0.5) is 0 Å². The lowest BCUT2D eigenvalue weighted by molar-refractivity contribution is -0.136. The first-order chi connectivity index (χ1) is 8.50. The lowest BCUT2D eigenvalue weighted by Crippen LogP contribution is -2.19. The number of carbonyl (C=O) groups excluding carboxylic acids is 2. The molecule has 92 valence electrons. The van der Waals surface area contributed by atoms with E-state index >= 15 is 0 Å². The van der Waals surface area contributed by atoms with E-state index < -0.39 is 11.2 Å². The number of carboxylic acid groups (broad SMARTS) is 1. The maximum atomic E-state index is 12.1. The van der Waals surface area contributed by atoms with Gasteiger partial charge in [0, 0.05) is 17.2 Å². The minimum absolute atomic E-state index is 0.189. The first-order valence-corrected chi connectivity index (χ1v) is 6.18. The predicted octanol–water partition coefficient (Wildman–Crippen LogP) is 2.16. The molecule has 0 unspecified atom stereocenters. The normalized spacial score (nSPS) is 15.9. The SMILES string of the molecule is C[C@@H](SC1=CC(=O)c2ccccc2C1=O)C(=O)O. The minimum atomic E-state index is -1.01. The second-order valence-corrected chi connectivity index (χ2v) is 5.23. The third-order valence-corrected chi connectivity index (χ3v) is 3.69. The lowest BCUT2D eigenvalue weighted by atomic mass is 9.95. The number of aliphatic carboxylic acids is 1. The van der Waals surface area contributed by atoms with Crippen molar-refractivity contribution >= 4 is 29.3 Å². The highest BCUT2D eigenvalue weighted by atomic mass is 32.2. The van der Waals surface area contributed by atoms with Crippen molar-refractivity contribution in [1.29, 1.82) is 0 Å². The van der Waals surface area contributed by atoms with E-state index in [0.717, 1.165) is 11.8 Å². The van der Waals surface area contributed by atoms with E-state index in [-0.39, 0.29) is 16.5 Å². The van der Waals surface area contributed by atoms with Crippen LogP contribution >= 0.6 is 11.8 Å². The van der Waals surface area contributed by atoms with E-state index in [2.05, 4.69) is 0 Å². The number of carbonyl (C=O) groups is 3. The van der Waals surface area contributed by atoms with Crippen LogP contribution in [0, 0.1) is 0 Å². The van der Waals surface area contributed by atoms with E-state index in [1.807, 2.05) is 0 Å². The van der Waals surface area contributed by atoms with Crippen LogP contribution in [0.3, 0.4) is 0 Å². The molecule has 0 aromatic heterocycles. The molecule has 18 heavy (non-hydrogen) atoms. The molecule has 0 heterocycles. The highest BCUT2D eigenvalue weighted by Gasteiger charge is 2.27. The topological polar surface area (TPSA) is 71.4 Å². The van der Waals surface area contributed by atoms with Gasteiger partial charge in [-0.25, -0.2) is 0 Å². The molecular weight excluding hydrogens is 252 g/mol. The number of carboxylic acids is 1. The van der Waals surface area contributed by atoms with Crippen molar-refractivity contribution in [2.75, 3.05) is 0 Å². The minimum Gasteiger partial charge on any atom is -0.480 e. The first kappa shape index (κ1) is 12.6. The van der Waals surface area contributed by atoms with Crippen LogP contribution in [0.15, 0.2) is 35.2 Å². The van der Waals surface area contributed by atoms with Crippen LogP contribution in [0.2, 0.25) is 0 Å². The molecule has 1 aliphatic rings. The van der Waals surface area contributed by atoms with E-state index in [1.165, 1.54) is 13.0 Å². The van der Waals surface area contributed by atoms with Crippen LogP contribution in [0.25, 0.3) is 0 Å². The Kier molecular flexibility index (Phi) is 3.34. The molecule has 0 amide bonds. The van der Waals surface area contributed by atoms with E-state index in [0.29, 0.717) is 11.1 Å². The number of hydrogen-bond donors (Lipinski definition) is 1. The van der Waals surface area contributed by atoms with Gasteiger partial charge in [0.2, 0.25) is 0 Å². The van der Waals surface area contributed by atoms with E-state index in [4.69, 9.17) is 5.11 Å². The largest absolute Gasteiger partial charge is 0.480 e.